The van der Waals surface area contributed by atoms with E-state index >= 15 is 0 Å². The second-order valence-electron chi connectivity index (χ2n) is 9.26. The molecule has 0 spiro atoms. The Balaban J connectivity index is 2.09. The van der Waals surface area contributed by atoms with Crippen LogP contribution in [0.25, 0.3) is 17.0 Å². The Hall–Kier alpha value is -4.74. The van der Waals surface area contributed by atoms with Crippen LogP contribution in [0.3, 0.4) is 0 Å². The second kappa shape index (κ2) is 12.2. The van der Waals surface area contributed by atoms with Crippen molar-refractivity contribution in [2.24, 2.45) is 0 Å². The highest BCUT2D eigenvalue weighted by molar-refractivity contribution is 6.09. The Bertz CT molecular complexity index is 1600. The first-order chi connectivity index (χ1) is 19.7. The summed E-state index contributed by atoms with van der Waals surface area (Å²) >= 11 is 0. The lowest BCUT2D eigenvalue weighted by Crippen LogP contribution is -2.30. The number of hydrogen-bond acceptors (Lipinski definition) is 9. The zero-order valence-electron chi connectivity index (χ0n) is 24.5. The minimum Gasteiger partial charge on any atom is -0.461 e. The Kier molecular flexibility index (Phi) is 8.70. The van der Waals surface area contributed by atoms with Crippen LogP contribution in [-0.2, 0) is 9.47 Å². The topological polar surface area (TPSA) is 124 Å². The predicted molar refractivity (Wildman–Crippen MR) is 155 cm³/mol. The first-order valence-electron chi connectivity index (χ1n) is 13.6. The predicted octanol–water partition coefficient (Wildman–Crippen LogP) is 5.19. The first-order valence-corrected chi connectivity index (χ1v) is 13.6. The third kappa shape index (κ3) is 5.49. The van der Waals surface area contributed by atoms with Crippen molar-refractivity contribution in [1.29, 1.82) is 0 Å². The molecule has 12 heteroatoms. The number of ether oxygens (including phenoxy) is 2. The van der Waals surface area contributed by atoms with Gasteiger partial charge < -0.3 is 14.4 Å². The van der Waals surface area contributed by atoms with Crippen molar-refractivity contribution in [3.63, 3.8) is 0 Å². The van der Waals surface area contributed by atoms with Crippen LogP contribution in [0.4, 0.5) is 22.0 Å². The standard InChI is InChI=1S/C29H35N7O5/c1-8-33(9-2)23-16-15-22(19(6)30-23)34(29(39)41-11-4)25-24(28(38)40-10-3)31-36-26(21-14-12-13-18(5)17-21)32-35(20(7)37)27(25)36/h12-17H,8-11H2,1-7H3. The van der Waals surface area contributed by atoms with Crippen molar-refractivity contribution >= 4 is 40.8 Å². The zero-order chi connectivity index (χ0) is 29.8. The molecule has 0 fully saturated rings. The summed E-state index contributed by atoms with van der Waals surface area (Å²) in [5.41, 5.74) is 2.44. The van der Waals surface area contributed by atoms with E-state index in [2.05, 4.69) is 15.1 Å². The van der Waals surface area contributed by atoms with Crippen LogP contribution in [0.15, 0.2) is 36.4 Å². The third-order valence-electron chi connectivity index (χ3n) is 6.52. The van der Waals surface area contributed by atoms with Crippen molar-refractivity contribution in [3.05, 3.63) is 53.3 Å². The van der Waals surface area contributed by atoms with Crippen molar-refractivity contribution in [2.45, 2.75) is 48.5 Å². The van der Waals surface area contributed by atoms with Crippen LogP contribution >= 0.6 is 0 Å². The van der Waals surface area contributed by atoms with Gasteiger partial charge in [-0.25, -0.2) is 19.5 Å². The van der Waals surface area contributed by atoms with E-state index in [0.29, 0.717) is 22.8 Å². The van der Waals surface area contributed by atoms with Gasteiger partial charge in [-0.1, -0.05) is 23.8 Å². The second-order valence-corrected chi connectivity index (χ2v) is 9.26. The van der Waals surface area contributed by atoms with Gasteiger partial charge in [-0.3, -0.25) is 4.79 Å². The molecule has 0 saturated heterocycles. The molecule has 0 radical (unpaired) electrons. The van der Waals surface area contributed by atoms with E-state index in [1.54, 1.807) is 32.9 Å². The molecule has 216 valence electrons. The number of carbonyl (C=O) groups excluding carboxylic acids is 3. The normalized spacial score (nSPS) is 11.0. The van der Waals surface area contributed by atoms with Crippen LogP contribution in [0, 0.1) is 13.8 Å². The Labute approximate surface area is 238 Å². The van der Waals surface area contributed by atoms with Gasteiger partial charge in [0.25, 0.3) is 0 Å². The van der Waals surface area contributed by atoms with E-state index in [1.165, 1.54) is 16.3 Å². The molecule has 1 aromatic carbocycles. The summed E-state index contributed by atoms with van der Waals surface area (Å²) < 4.78 is 13.3. The fourth-order valence-electron chi connectivity index (χ4n) is 4.65. The smallest absolute Gasteiger partial charge is 0.419 e. The number of nitrogens with zero attached hydrogens (tertiary/aromatic N) is 7. The molecule has 0 N–H and O–H groups in total. The first kappa shape index (κ1) is 29.2. The van der Waals surface area contributed by atoms with Gasteiger partial charge >= 0.3 is 12.1 Å². The maximum absolute atomic E-state index is 13.7. The fourth-order valence-corrected chi connectivity index (χ4v) is 4.65. The number of aromatic nitrogens is 5. The number of anilines is 3. The van der Waals surface area contributed by atoms with Gasteiger partial charge in [0.1, 0.15) is 11.5 Å². The molecule has 0 aliphatic rings. The van der Waals surface area contributed by atoms with E-state index in [0.717, 1.165) is 29.2 Å². The molecule has 0 saturated carbocycles. The SMILES string of the molecule is CCOC(=O)c1nn2c(-c3cccc(C)c3)nn(C(C)=O)c2c1N(C(=O)OCC)c1ccc(N(CC)CC)nc1C. The number of carbonyl (C=O) groups is 3. The van der Waals surface area contributed by atoms with Crippen molar-refractivity contribution in [3.8, 4) is 11.4 Å². The van der Waals surface area contributed by atoms with E-state index in [-0.39, 0.29) is 30.2 Å². The summed E-state index contributed by atoms with van der Waals surface area (Å²) in [4.78, 5) is 48.0. The van der Waals surface area contributed by atoms with Crippen LogP contribution in [0.1, 0.15) is 61.2 Å². The van der Waals surface area contributed by atoms with E-state index in [4.69, 9.17) is 14.5 Å². The van der Waals surface area contributed by atoms with Gasteiger partial charge in [0.05, 0.1) is 24.6 Å². The molecule has 0 unspecified atom stereocenters. The van der Waals surface area contributed by atoms with Gasteiger partial charge in [-0.2, -0.15) is 14.3 Å². The number of fused-ring (bicyclic) bond motifs is 1. The molecule has 3 heterocycles. The summed E-state index contributed by atoms with van der Waals surface area (Å²) in [6.45, 7) is 14.1. The number of benzene rings is 1. The van der Waals surface area contributed by atoms with Crippen LogP contribution in [0.5, 0.6) is 0 Å². The molecule has 3 aromatic heterocycles. The minimum atomic E-state index is -0.776. The number of aryl methyl sites for hydroxylation is 2. The summed E-state index contributed by atoms with van der Waals surface area (Å²) in [7, 11) is 0. The lowest BCUT2D eigenvalue weighted by Gasteiger charge is -2.25. The Morgan fingerprint density at radius 1 is 0.927 bits per heavy atom. The highest BCUT2D eigenvalue weighted by atomic mass is 16.6. The summed E-state index contributed by atoms with van der Waals surface area (Å²) in [5.74, 6) is -0.162. The van der Waals surface area contributed by atoms with Crippen LogP contribution < -0.4 is 9.80 Å². The van der Waals surface area contributed by atoms with Gasteiger partial charge in [0, 0.05) is 25.6 Å². The maximum atomic E-state index is 13.7. The molecule has 4 rings (SSSR count). The molecule has 41 heavy (non-hydrogen) atoms. The largest absolute Gasteiger partial charge is 0.461 e. The number of amides is 1. The van der Waals surface area contributed by atoms with Gasteiger partial charge in [-0.05, 0) is 59.7 Å². The maximum Gasteiger partial charge on any atom is 0.419 e. The molecule has 0 bridgehead atoms. The van der Waals surface area contributed by atoms with Gasteiger partial charge in [0.15, 0.2) is 17.2 Å². The van der Waals surface area contributed by atoms with Crippen LogP contribution in [0.2, 0.25) is 0 Å². The van der Waals surface area contributed by atoms with Gasteiger partial charge in [-0.15, -0.1) is 5.10 Å². The molecular formula is C29H35N7O5. The van der Waals surface area contributed by atoms with E-state index in [9.17, 15) is 14.4 Å². The van der Waals surface area contributed by atoms with Crippen molar-refractivity contribution in [2.75, 3.05) is 36.1 Å². The number of esters is 1. The lowest BCUT2D eigenvalue weighted by atomic mass is 10.1. The zero-order valence-corrected chi connectivity index (χ0v) is 24.5. The third-order valence-corrected chi connectivity index (χ3v) is 6.52. The van der Waals surface area contributed by atoms with Crippen LogP contribution in [-0.4, -0.2) is 68.7 Å². The monoisotopic (exact) mass is 561 g/mol. The molecule has 12 nitrogen and oxygen atoms in total. The average molecular weight is 562 g/mol. The molecule has 1 amide bonds. The molecule has 4 aromatic rings. The van der Waals surface area contributed by atoms with Gasteiger partial charge in [0.2, 0.25) is 5.91 Å². The highest BCUT2D eigenvalue weighted by Crippen LogP contribution is 2.38. The average Bonchev–Trinajstić information content (AvgIpc) is 3.49. The quantitative estimate of drug-likeness (QED) is 0.254. The van der Waals surface area contributed by atoms with E-state index < -0.39 is 18.0 Å². The summed E-state index contributed by atoms with van der Waals surface area (Å²) in [6, 6.07) is 11.0. The molecule has 0 atom stereocenters. The molecule has 0 aliphatic carbocycles. The number of rotatable bonds is 9. The van der Waals surface area contributed by atoms with Crippen molar-refractivity contribution in [1.82, 2.24) is 24.4 Å². The van der Waals surface area contributed by atoms with E-state index in [1.807, 2.05) is 45.0 Å². The summed E-state index contributed by atoms with van der Waals surface area (Å²) in [5, 5.41) is 9.10. The minimum absolute atomic E-state index is 0.00370. The molecule has 0 aliphatic heterocycles. The highest BCUT2D eigenvalue weighted by Gasteiger charge is 2.36. The van der Waals surface area contributed by atoms with Crippen molar-refractivity contribution < 1.29 is 23.9 Å². The summed E-state index contributed by atoms with van der Waals surface area (Å²) in [6.07, 6.45) is -0.776. The lowest BCUT2D eigenvalue weighted by molar-refractivity contribution is 0.0519. The Morgan fingerprint density at radius 3 is 2.22 bits per heavy atom. The Morgan fingerprint density at radius 2 is 1.63 bits per heavy atom. The fraction of sp³-hybridized carbons (Fsp3) is 0.379. The number of hydrogen-bond donors (Lipinski definition) is 0. The number of pyridine rings is 1. The molecular weight excluding hydrogens is 526 g/mol.